The highest BCUT2D eigenvalue weighted by Gasteiger charge is 2.30. The van der Waals surface area contributed by atoms with Crippen LogP contribution in [0, 0.1) is 22.7 Å². The Morgan fingerprint density at radius 2 is 1.55 bits per heavy atom. The van der Waals surface area contributed by atoms with Gasteiger partial charge in [-0.1, -0.05) is 29.3 Å². The van der Waals surface area contributed by atoms with Crippen LogP contribution in [0.3, 0.4) is 0 Å². The molecule has 0 aromatic heterocycles. The third kappa shape index (κ3) is 2.25. The second kappa shape index (κ2) is 5.34. The van der Waals surface area contributed by atoms with Crippen LogP contribution in [0.15, 0.2) is 41.0 Å². The molecule has 5 nitrogen and oxygen atoms in total. The Morgan fingerprint density at radius 3 is 2.00 bits per heavy atom. The lowest BCUT2D eigenvalue weighted by atomic mass is 9.83. The molecule has 100 valence electrons. The first-order valence-corrected chi connectivity index (χ1v) is 6.26. The molecule has 0 radical (unpaired) electrons. The molecule has 0 bridgehead atoms. The molecule has 1 aliphatic rings. The number of hydrogen-bond acceptors (Lipinski definition) is 5. The van der Waals surface area contributed by atoms with Crippen molar-refractivity contribution in [3.8, 4) is 12.1 Å². The quantitative estimate of drug-likeness (QED) is 0.735. The number of rotatable bonds is 1. The molecule has 0 saturated carbocycles. The highest BCUT2D eigenvalue weighted by atomic mass is 35.5. The van der Waals surface area contributed by atoms with Gasteiger partial charge in [0.1, 0.15) is 11.6 Å². The van der Waals surface area contributed by atoms with Crippen LogP contribution in [-0.4, -0.2) is 0 Å². The van der Waals surface area contributed by atoms with E-state index in [1.165, 1.54) is 0 Å². The molecule has 0 fully saturated rings. The predicted molar refractivity (Wildman–Crippen MR) is 76.0 cm³/mol. The highest BCUT2D eigenvalue weighted by molar-refractivity contribution is 6.42. The Hall–Kier alpha value is -2.34. The molecule has 0 amide bonds. The van der Waals surface area contributed by atoms with E-state index in [1.807, 2.05) is 12.1 Å². The topological polar surface area (TPSA) is 112 Å². The van der Waals surface area contributed by atoms with E-state index in [0.717, 1.165) is 0 Å². The summed E-state index contributed by atoms with van der Waals surface area (Å²) in [6.45, 7) is 0. The van der Waals surface area contributed by atoms with E-state index in [2.05, 4.69) is 5.32 Å². The fourth-order valence-electron chi connectivity index (χ4n) is 2.01. The SMILES string of the molecule is N#CC1=C(N)NC(N)=C(C#N)C1c1ccc(Cl)c(Cl)c1. The van der Waals surface area contributed by atoms with E-state index >= 15 is 0 Å². The summed E-state index contributed by atoms with van der Waals surface area (Å²) >= 11 is 11.8. The van der Waals surface area contributed by atoms with E-state index < -0.39 is 5.92 Å². The normalized spacial score (nSPS) is 15.6. The van der Waals surface area contributed by atoms with Crippen LogP contribution in [0.1, 0.15) is 11.5 Å². The summed E-state index contributed by atoms with van der Waals surface area (Å²) in [5.41, 5.74) is 12.6. The van der Waals surface area contributed by atoms with Gasteiger partial charge in [0.05, 0.1) is 39.2 Å². The van der Waals surface area contributed by atoms with E-state index in [9.17, 15) is 10.5 Å². The summed E-state index contributed by atoms with van der Waals surface area (Å²) in [6.07, 6.45) is 0. The molecule has 2 rings (SSSR count). The lowest BCUT2D eigenvalue weighted by Gasteiger charge is -2.25. The van der Waals surface area contributed by atoms with Crippen molar-refractivity contribution in [3.63, 3.8) is 0 Å². The number of nitrogens with zero attached hydrogens (tertiary/aromatic N) is 2. The number of halogens is 2. The smallest absolute Gasteiger partial charge is 0.117 e. The van der Waals surface area contributed by atoms with Gasteiger partial charge in [0, 0.05) is 0 Å². The van der Waals surface area contributed by atoms with Crippen molar-refractivity contribution in [1.29, 1.82) is 10.5 Å². The van der Waals surface area contributed by atoms with Gasteiger partial charge in [-0.05, 0) is 17.7 Å². The summed E-state index contributed by atoms with van der Waals surface area (Å²) in [5.74, 6) is -0.402. The van der Waals surface area contributed by atoms with Crippen LogP contribution in [-0.2, 0) is 0 Å². The first kappa shape index (κ1) is 14.1. The number of benzene rings is 1. The summed E-state index contributed by atoms with van der Waals surface area (Å²) in [5, 5.41) is 21.8. The zero-order chi connectivity index (χ0) is 14.9. The van der Waals surface area contributed by atoms with Crippen molar-refractivity contribution < 1.29 is 0 Å². The average Bonchev–Trinajstić information content (AvgIpc) is 2.41. The van der Waals surface area contributed by atoms with Crippen molar-refractivity contribution >= 4 is 23.2 Å². The molecule has 1 aliphatic heterocycles. The first-order chi connectivity index (χ1) is 9.49. The molecule has 1 heterocycles. The van der Waals surface area contributed by atoms with Crippen LogP contribution in [0.5, 0.6) is 0 Å². The van der Waals surface area contributed by atoms with Crippen LogP contribution in [0.25, 0.3) is 0 Å². The Morgan fingerprint density at radius 1 is 1.00 bits per heavy atom. The van der Waals surface area contributed by atoms with E-state index in [4.69, 9.17) is 34.7 Å². The van der Waals surface area contributed by atoms with Crippen molar-refractivity contribution in [3.05, 3.63) is 56.6 Å². The van der Waals surface area contributed by atoms with Crippen molar-refractivity contribution in [1.82, 2.24) is 5.32 Å². The Kier molecular flexibility index (Phi) is 3.76. The van der Waals surface area contributed by atoms with Gasteiger partial charge >= 0.3 is 0 Å². The molecule has 0 atom stereocenters. The molecule has 1 aromatic carbocycles. The Balaban J connectivity index is 2.66. The van der Waals surface area contributed by atoms with Crippen molar-refractivity contribution in [2.75, 3.05) is 0 Å². The zero-order valence-corrected chi connectivity index (χ0v) is 11.6. The monoisotopic (exact) mass is 305 g/mol. The van der Waals surface area contributed by atoms with Crippen LogP contribution < -0.4 is 16.8 Å². The third-order valence-electron chi connectivity index (χ3n) is 2.94. The molecule has 0 spiro atoms. The van der Waals surface area contributed by atoms with Crippen molar-refractivity contribution in [2.45, 2.75) is 5.92 Å². The standard InChI is InChI=1S/C13H9Cl2N5/c14-9-2-1-6(3-10(9)15)11-7(4-16)12(18)20-13(19)8(11)5-17/h1-3,11,20H,18-19H2. The summed E-state index contributed by atoms with van der Waals surface area (Å²) in [6, 6.07) is 8.86. The second-order valence-corrected chi connectivity index (χ2v) is 4.92. The molecule has 5 N–H and O–H groups in total. The minimum absolute atomic E-state index is 0.125. The number of nitrogens with one attached hydrogen (secondary N) is 1. The van der Waals surface area contributed by atoms with Gasteiger partial charge in [-0.3, -0.25) is 0 Å². The van der Waals surface area contributed by atoms with Gasteiger partial charge < -0.3 is 16.8 Å². The largest absolute Gasteiger partial charge is 0.384 e. The van der Waals surface area contributed by atoms with Gasteiger partial charge in [0.15, 0.2) is 0 Å². The number of dihydropyridines is 1. The van der Waals surface area contributed by atoms with E-state index in [0.29, 0.717) is 15.6 Å². The fraction of sp³-hybridized carbons (Fsp3) is 0.0769. The predicted octanol–water partition coefficient (Wildman–Crippen LogP) is 2.07. The van der Waals surface area contributed by atoms with Gasteiger partial charge in [0.2, 0.25) is 0 Å². The minimum Gasteiger partial charge on any atom is -0.384 e. The number of hydrogen-bond donors (Lipinski definition) is 3. The lowest BCUT2D eigenvalue weighted by molar-refractivity contribution is 0.793. The Bertz CT molecular complexity index is 685. The number of nitrogens with two attached hydrogens (primary N) is 2. The molecule has 0 aliphatic carbocycles. The maximum atomic E-state index is 9.26. The molecule has 0 saturated heterocycles. The van der Waals surface area contributed by atoms with Gasteiger partial charge in [-0.15, -0.1) is 0 Å². The molecule has 1 aromatic rings. The molecular formula is C13H9Cl2N5. The first-order valence-electron chi connectivity index (χ1n) is 5.51. The second-order valence-electron chi connectivity index (χ2n) is 4.11. The molecular weight excluding hydrogens is 297 g/mol. The average molecular weight is 306 g/mol. The van der Waals surface area contributed by atoms with Crippen molar-refractivity contribution in [2.24, 2.45) is 11.5 Å². The lowest BCUT2D eigenvalue weighted by Crippen LogP contribution is -2.34. The van der Waals surface area contributed by atoms with Crippen LogP contribution in [0.4, 0.5) is 0 Å². The minimum atomic E-state index is -0.652. The summed E-state index contributed by atoms with van der Waals surface area (Å²) < 4.78 is 0. The van der Waals surface area contributed by atoms with Crippen LogP contribution >= 0.6 is 23.2 Å². The Labute approximate surface area is 125 Å². The molecule has 20 heavy (non-hydrogen) atoms. The summed E-state index contributed by atoms with van der Waals surface area (Å²) in [4.78, 5) is 0. The third-order valence-corrected chi connectivity index (χ3v) is 3.68. The van der Waals surface area contributed by atoms with Gasteiger partial charge in [-0.25, -0.2) is 0 Å². The summed E-state index contributed by atoms with van der Waals surface area (Å²) in [7, 11) is 0. The fourth-order valence-corrected chi connectivity index (χ4v) is 2.32. The van der Waals surface area contributed by atoms with Gasteiger partial charge in [0.25, 0.3) is 0 Å². The van der Waals surface area contributed by atoms with Gasteiger partial charge in [-0.2, -0.15) is 10.5 Å². The van der Waals surface area contributed by atoms with E-state index in [1.54, 1.807) is 18.2 Å². The maximum Gasteiger partial charge on any atom is 0.117 e. The van der Waals surface area contributed by atoms with E-state index in [-0.39, 0.29) is 22.8 Å². The maximum absolute atomic E-state index is 9.26. The van der Waals surface area contributed by atoms with Crippen LogP contribution in [0.2, 0.25) is 10.0 Å². The highest BCUT2D eigenvalue weighted by Crippen LogP contribution is 2.37. The zero-order valence-electron chi connectivity index (χ0n) is 10.1. The number of allylic oxidation sites excluding steroid dienone is 2. The number of nitriles is 2. The molecule has 0 unspecified atom stereocenters. The molecule has 7 heteroatoms.